The smallest absolute Gasteiger partial charge is 0.192 e. The number of benzene rings is 1. The molecule has 1 aliphatic rings. The van der Waals surface area contributed by atoms with Gasteiger partial charge in [0.2, 0.25) is 0 Å². The van der Waals surface area contributed by atoms with Gasteiger partial charge in [0.05, 0.1) is 13.1 Å². The van der Waals surface area contributed by atoms with E-state index in [2.05, 4.69) is 58.9 Å². The third-order valence-electron chi connectivity index (χ3n) is 6.41. The molecule has 2 N–H and O–H groups in total. The molecular formula is C23H37IN6. The standard InChI is InChI=1S/C23H36N6.HI/c1-17(21-13-9-6-10-14-21)18(2)26-23(24-15-20-11-7-5-8-12-20)25-16-22-28-27-19(3)29(22)4;/h5,7-8,11-12,17-18,21H,6,9-10,13-16H2,1-4H3,(H2,24,25,26);1H. The minimum Gasteiger partial charge on any atom is -0.354 e. The van der Waals surface area contributed by atoms with E-state index in [1.54, 1.807) is 0 Å². The highest BCUT2D eigenvalue weighted by Gasteiger charge is 2.25. The maximum Gasteiger partial charge on any atom is 0.192 e. The zero-order valence-electron chi connectivity index (χ0n) is 18.8. The number of hydrogen-bond donors (Lipinski definition) is 2. The van der Waals surface area contributed by atoms with Crippen LogP contribution in [0.3, 0.4) is 0 Å². The van der Waals surface area contributed by atoms with Crippen LogP contribution < -0.4 is 10.6 Å². The molecule has 1 aliphatic carbocycles. The van der Waals surface area contributed by atoms with Crippen molar-refractivity contribution in [3.05, 3.63) is 47.5 Å². The highest BCUT2D eigenvalue weighted by molar-refractivity contribution is 14.0. The van der Waals surface area contributed by atoms with Crippen LogP contribution in [0.4, 0.5) is 0 Å². The Balaban J connectivity index is 0.00000320. The lowest BCUT2D eigenvalue weighted by molar-refractivity contribution is 0.229. The van der Waals surface area contributed by atoms with E-state index in [-0.39, 0.29) is 24.0 Å². The van der Waals surface area contributed by atoms with E-state index in [1.807, 2.05) is 24.6 Å². The molecule has 1 saturated carbocycles. The van der Waals surface area contributed by atoms with Crippen LogP contribution in [0.1, 0.15) is 63.2 Å². The summed E-state index contributed by atoms with van der Waals surface area (Å²) in [4.78, 5) is 4.85. The van der Waals surface area contributed by atoms with Crippen LogP contribution >= 0.6 is 24.0 Å². The maximum atomic E-state index is 4.85. The van der Waals surface area contributed by atoms with Gasteiger partial charge >= 0.3 is 0 Å². The molecule has 0 bridgehead atoms. The van der Waals surface area contributed by atoms with Gasteiger partial charge in [-0.3, -0.25) is 0 Å². The van der Waals surface area contributed by atoms with Gasteiger partial charge in [0.25, 0.3) is 0 Å². The fourth-order valence-corrected chi connectivity index (χ4v) is 4.09. The van der Waals surface area contributed by atoms with E-state index >= 15 is 0 Å². The summed E-state index contributed by atoms with van der Waals surface area (Å²) in [5, 5.41) is 15.5. The van der Waals surface area contributed by atoms with Crippen molar-refractivity contribution >= 4 is 29.9 Å². The third-order valence-corrected chi connectivity index (χ3v) is 6.41. The maximum absolute atomic E-state index is 4.85. The predicted molar refractivity (Wildman–Crippen MR) is 134 cm³/mol. The van der Waals surface area contributed by atoms with Crippen LogP contribution in [-0.2, 0) is 20.1 Å². The minimum absolute atomic E-state index is 0. The second-order valence-corrected chi connectivity index (χ2v) is 8.42. The van der Waals surface area contributed by atoms with Crippen LogP contribution in [0, 0.1) is 18.8 Å². The topological polar surface area (TPSA) is 67.1 Å². The van der Waals surface area contributed by atoms with Crippen LogP contribution in [0.2, 0.25) is 0 Å². The Kier molecular flexibility index (Phi) is 10.1. The molecule has 0 spiro atoms. The first-order chi connectivity index (χ1) is 14.0. The first-order valence-electron chi connectivity index (χ1n) is 11.0. The quantitative estimate of drug-likeness (QED) is 0.316. The van der Waals surface area contributed by atoms with Crippen molar-refractivity contribution in [1.29, 1.82) is 0 Å². The Hall–Kier alpha value is -1.64. The van der Waals surface area contributed by atoms with Gasteiger partial charge in [-0.2, -0.15) is 0 Å². The summed E-state index contributed by atoms with van der Waals surface area (Å²) in [6.07, 6.45) is 6.86. The van der Waals surface area contributed by atoms with Crippen LogP contribution in [-0.4, -0.2) is 26.8 Å². The van der Waals surface area contributed by atoms with Crippen molar-refractivity contribution in [3.8, 4) is 0 Å². The van der Waals surface area contributed by atoms with E-state index in [0.717, 1.165) is 23.5 Å². The number of nitrogens with zero attached hydrogens (tertiary/aromatic N) is 4. The fraction of sp³-hybridized carbons (Fsp3) is 0.609. The Morgan fingerprint density at radius 3 is 2.47 bits per heavy atom. The van der Waals surface area contributed by atoms with Gasteiger partial charge in [-0.1, -0.05) is 69.4 Å². The van der Waals surface area contributed by atoms with Crippen molar-refractivity contribution in [2.75, 3.05) is 0 Å². The lowest BCUT2D eigenvalue weighted by atomic mass is 9.78. The van der Waals surface area contributed by atoms with E-state index in [1.165, 1.54) is 37.7 Å². The largest absolute Gasteiger partial charge is 0.354 e. The number of halogens is 1. The van der Waals surface area contributed by atoms with Gasteiger partial charge in [-0.15, -0.1) is 34.2 Å². The highest BCUT2D eigenvalue weighted by atomic mass is 127. The zero-order chi connectivity index (χ0) is 20.6. The van der Waals surface area contributed by atoms with E-state index < -0.39 is 0 Å². The second kappa shape index (κ2) is 12.3. The molecule has 1 aromatic heterocycles. The summed E-state index contributed by atoms with van der Waals surface area (Å²) in [6.45, 7) is 7.88. The monoisotopic (exact) mass is 524 g/mol. The summed E-state index contributed by atoms with van der Waals surface area (Å²) in [5.41, 5.74) is 1.20. The van der Waals surface area contributed by atoms with Gasteiger partial charge < -0.3 is 15.2 Å². The second-order valence-electron chi connectivity index (χ2n) is 8.42. The molecule has 2 aromatic rings. The first-order valence-corrected chi connectivity index (χ1v) is 11.0. The summed E-state index contributed by atoms with van der Waals surface area (Å²) in [5.74, 6) is 4.09. The molecule has 30 heavy (non-hydrogen) atoms. The van der Waals surface area contributed by atoms with Crippen LogP contribution in [0.25, 0.3) is 0 Å². The van der Waals surface area contributed by atoms with E-state index in [0.29, 0.717) is 25.0 Å². The number of hydrogen-bond acceptors (Lipinski definition) is 3. The molecular weight excluding hydrogens is 487 g/mol. The number of aromatic nitrogens is 3. The molecule has 2 atom stereocenters. The summed E-state index contributed by atoms with van der Waals surface area (Å²) in [7, 11) is 1.99. The molecule has 0 radical (unpaired) electrons. The average molecular weight is 524 g/mol. The normalized spacial score (nSPS) is 17.1. The molecule has 0 amide bonds. The predicted octanol–water partition coefficient (Wildman–Crippen LogP) is 4.58. The van der Waals surface area contributed by atoms with Gasteiger partial charge in [0, 0.05) is 13.1 Å². The van der Waals surface area contributed by atoms with Gasteiger partial charge in [-0.05, 0) is 31.2 Å². The molecule has 1 fully saturated rings. The van der Waals surface area contributed by atoms with E-state index in [9.17, 15) is 0 Å². The number of aryl methyl sites for hydroxylation is 1. The molecule has 7 heteroatoms. The summed E-state index contributed by atoms with van der Waals surface area (Å²) >= 11 is 0. The average Bonchev–Trinajstić information content (AvgIpc) is 3.08. The lowest BCUT2D eigenvalue weighted by Gasteiger charge is -2.33. The molecule has 3 rings (SSSR count). The molecule has 1 aromatic carbocycles. The summed E-state index contributed by atoms with van der Waals surface area (Å²) < 4.78 is 2.01. The van der Waals surface area contributed by atoms with Crippen molar-refractivity contribution in [2.24, 2.45) is 23.9 Å². The van der Waals surface area contributed by atoms with Gasteiger partial charge in [0.1, 0.15) is 5.82 Å². The number of rotatable bonds is 7. The molecule has 6 nitrogen and oxygen atoms in total. The van der Waals surface area contributed by atoms with Crippen LogP contribution in [0.15, 0.2) is 35.3 Å². The molecule has 0 aliphatic heterocycles. The number of aliphatic imine (C=N–C) groups is 1. The van der Waals surface area contributed by atoms with Crippen molar-refractivity contribution in [3.63, 3.8) is 0 Å². The minimum atomic E-state index is 0. The Labute approximate surface area is 198 Å². The Bertz CT molecular complexity index is 782. The molecule has 0 saturated heterocycles. The fourth-order valence-electron chi connectivity index (χ4n) is 4.09. The van der Waals surface area contributed by atoms with Gasteiger partial charge in [-0.25, -0.2) is 4.99 Å². The number of nitrogens with one attached hydrogen (secondary N) is 2. The van der Waals surface area contributed by atoms with Crippen molar-refractivity contribution in [2.45, 2.75) is 72.0 Å². The van der Waals surface area contributed by atoms with Crippen LogP contribution in [0.5, 0.6) is 0 Å². The highest BCUT2D eigenvalue weighted by Crippen LogP contribution is 2.31. The van der Waals surface area contributed by atoms with Gasteiger partial charge in [0.15, 0.2) is 11.8 Å². The third kappa shape index (κ3) is 6.96. The van der Waals surface area contributed by atoms with Crippen molar-refractivity contribution < 1.29 is 0 Å². The molecule has 2 unspecified atom stereocenters. The zero-order valence-corrected chi connectivity index (χ0v) is 21.1. The SMILES string of the molecule is Cc1nnc(CNC(=NCc2ccccc2)NC(C)C(C)C2CCCCC2)n1C.I. The molecule has 166 valence electrons. The first kappa shape index (κ1) is 24.6. The Morgan fingerprint density at radius 2 is 1.83 bits per heavy atom. The lowest BCUT2D eigenvalue weighted by Crippen LogP contribution is -2.46. The van der Waals surface area contributed by atoms with E-state index in [4.69, 9.17) is 4.99 Å². The summed E-state index contributed by atoms with van der Waals surface area (Å²) in [6, 6.07) is 10.7. The number of guanidine groups is 1. The molecule has 1 heterocycles. The van der Waals surface area contributed by atoms with Crippen molar-refractivity contribution in [1.82, 2.24) is 25.4 Å². The Morgan fingerprint density at radius 1 is 1.13 bits per heavy atom.